The largest absolute Gasteiger partial charge is 0.494 e. The molecule has 7 heteroatoms. The van der Waals surface area contributed by atoms with Crippen LogP contribution < -0.4 is 14.9 Å². The van der Waals surface area contributed by atoms with Crippen LogP contribution in [0.4, 0.5) is 0 Å². The number of halogens is 2. The molecule has 0 aliphatic carbocycles. The fourth-order valence-electron chi connectivity index (χ4n) is 5.21. The van der Waals surface area contributed by atoms with E-state index in [9.17, 15) is 0 Å². The molecule has 3 aromatic rings. The van der Waals surface area contributed by atoms with Gasteiger partial charge in [-0.2, -0.15) is 0 Å². The lowest BCUT2D eigenvalue weighted by atomic mass is 9.74. The van der Waals surface area contributed by atoms with Crippen LogP contribution in [0.15, 0.2) is 54.6 Å². The maximum Gasteiger partial charge on any atom is 0.494 e. The second-order valence-corrected chi connectivity index (χ2v) is 14.3. The second kappa shape index (κ2) is 12.8. The van der Waals surface area contributed by atoms with E-state index < -0.39 is 0 Å². The highest BCUT2D eigenvalue weighted by atomic mass is 35.5. The standard InChI is InChI=1S/C35H44BCl2O4/c1-23-18-30(37)32(31(38)19-23)40-17-16-39-28-13-10-25(11-14-28)21-26(22-33(3,4)5)29-15-12-27(20-24(29)2)36-41-34(6,7)35(8,9)42-36/h10-15,18-20,22,26H,16-17,21H2,1-9H3. The molecule has 1 radical (unpaired) electrons. The number of rotatable bonds is 10. The molecule has 0 amide bonds. The lowest BCUT2D eigenvalue weighted by Crippen LogP contribution is -2.41. The number of benzene rings is 3. The summed E-state index contributed by atoms with van der Waals surface area (Å²) < 4.78 is 24.3. The average molecular weight is 610 g/mol. The summed E-state index contributed by atoms with van der Waals surface area (Å²) in [6.07, 6.45) is 3.34. The lowest BCUT2D eigenvalue weighted by Gasteiger charge is -2.32. The molecule has 0 spiro atoms. The Labute approximate surface area is 263 Å². The maximum atomic E-state index is 6.30. The van der Waals surface area contributed by atoms with Gasteiger partial charge in [0.25, 0.3) is 0 Å². The highest BCUT2D eigenvalue weighted by Gasteiger charge is 2.51. The summed E-state index contributed by atoms with van der Waals surface area (Å²) in [5.41, 5.74) is 5.19. The van der Waals surface area contributed by atoms with Gasteiger partial charge in [-0.1, -0.05) is 74.3 Å². The van der Waals surface area contributed by atoms with Crippen molar-refractivity contribution in [2.24, 2.45) is 5.41 Å². The number of hydrogen-bond donors (Lipinski definition) is 0. The summed E-state index contributed by atoms with van der Waals surface area (Å²) >= 11 is 12.6. The van der Waals surface area contributed by atoms with Crippen molar-refractivity contribution in [3.05, 3.63) is 93.3 Å². The zero-order valence-electron chi connectivity index (χ0n) is 26.4. The van der Waals surface area contributed by atoms with Crippen molar-refractivity contribution in [3.63, 3.8) is 0 Å². The molecule has 1 heterocycles. The number of hydrogen-bond acceptors (Lipinski definition) is 4. The van der Waals surface area contributed by atoms with Crippen LogP contribution >= 0.6 is 23.2 Å². The van der Waals surface area contributed by atoms with Crippen molar-refractivity contribution in [3.8, 4) is 11.5 Å². The molecule has 1 saturated heterocycles. The van der Waals surface area contributed by atoms with Crippen molar-refractivity contribution in [2.45, 2.75) is 85.9 Å². The number of ether oxygens (including phenoxy) is 2. The quantitative estimate of drug-likeness (QED) is 0.170. The first-order valence-electron chi connectivity index (χ1n) is 14.7. The Morgan fingerprint density at radius 2 is 1.40 bits per heavy atom. The maximum absolute atomic E-state index is 6.30. The van der Waals surface area contributed by atoms with Crippen molar-refractivity contribution < 1.29 is 18.8 Å². The van der Waals surface area contributed by atoms with Crippen molar-refractivity contribution >= 4 is 35.8 Å². The molecule has 225 valence electrons. The van der Waals surface area contributed by atoms with Crippen LogP contribution in [0.2, 0.25) is 10.0 Å². The number of aryl methyl sites for hydroxylation is 2. The molecule has 4 nitrogen and oxygen atoms in total. The van der Waals surface area contributed by atoms with Crippen LogP contribution in [0.1, 0.15) is 76.6 Å². The first-order chi connectivity index (χ1) is 19.5. The van der Waals surface area contributed by atoms with E-state index >= 15 is 0 Å². The van der Waals surface area contributed by atoms with E-state index in [0.29, 0.717) is 29.0 Å². The highest BCUT2D eigenvalue weighted by Crippen LogP contribution is 2.38. The van der Waals surface area contributed by atoms with Gasteiger partial charge in [0, 0.05) is 0 Å². The Morgan fingerprint density at radius 3 is 1.95 bits per heavy atom. The summed E-state index contributed by atoms with van der Waals surface area (Å²) in [6, 6.07) is 18.6. The van der Waals surface area contributed by atoms with Crippen molar-refractivity contribution in [2.75, 3.05) is 13.2 Å². The van der Waals surface area contributed by atoms with Crippen LogP contribution in [0.3, 0.4) is 0 Å². The van der Waals surface area contributed by atoms with Gasteiger partial charge in [0.2, 0.25) is 0 Å². The van der Waals surface area contributed by atoms with Gasteiger partial charge in [0.15, 0.2) is 5.75 Å². The van der Waals surface area contributed by atoms with Gasteiger partial charge in [0.1, 0.15) is 19.0 Å². The van der Waals surface area contributed by atoms with Gasteiger partial charge in [0.05, 0.1) is 21.2 Å². The van der Waals surface area contributed by atoms with Crippen molar-refractivity contribution in [1.29, 1.82) is 0 Å². The predicted molar refractivity (Wildman–Crippen MR) is 176 cm³/mol. The minimum atomic E-state index is -0.364. The fourth-order valence-corrected chi connectivity index (χ4v) is 5.91. The summed E-state index contributed by atoms with van der Waals surface area (Å²) in [4.78, 5) is 0. The molecule has 0 bridgehead atoms. The molecule has 0 aromatic heterocycles. The molecule has 1 fully saturated rings. The first kappa shape index (κ1) is 32.7. The van der Waals surface area contributed by atoms with Crippen LogP contribution in [0, 0.1) is 25.7 Å². The van der Waals surface area contributed by atoms with Crippen LogP contribution in [0.5, 0.6) is 11.5 Å². The topological polar surface area (TPSA) is 36.9 Å². The van der Waals surface area contributed by atoms with Gasteiger partial charge >= 0.3 is 7.12 Å². The van der Waals surface area contributed by atoms with E-state index in [0.717, 1.165) is 23.2 Å². The molecule has 42 heavy (non-hydrogen) atoms. The van der Waals surface area contributed by atoms with E-state index in [1.807, 2.05) is 31.2 Å². The van der Waals surface area contributed by atoms with E-state index in [1.54, 1.807) is 0 Å². The van der Waals surface area contributed by atoms with Gasteiger partial charge in [-0.3, -0.25) is 0 Å². The molecule has 1 atom stereocenters. The molecule has 3 aromatic carbocycles. The van der Waals surface area contributed by atoms with E-state index in [-0.39, 0.29) is 29.7 Å². The zero-order valence-corrected chi connectivity index (χ0v) is 28.0. The molecule has 1 aliphatic heterocycles. The third kappa shape index (κ3) is 8.05. The molecule has 4 rings (SSSR count). The van der Waals surface area contributed by atoms with E-state index in [1.165, 1.54) is 16.7 Å². The minimum Gasteiger partial charge on any atom is -0.490 e. The monoisotopic (exact) mass is 609 g/mol. The van der Waals surface area contributed by atoms with Gasteiger partial charge in [-0.15, -0.1) is 0 Å². The third-order valence-electron chi connectivity index (χ3n) is 8.04. The molecule has 0 saturated carbocycles. The molecular formula is C35H44BCl2O4. The van der Waals surface area contributed by atoms with Crippen LogP contribution in [-0.2, 0) is 15.7 Å². The molecule has 1 unspecified atom stereocenters. The second-order valence-electron chi connectivity index (χ2n) is 13.4. The first-order valence-corrected chi connectivity index (χ1v) is 15.4. The van der Waals surface area contributed by atoms with Gasteiger partial charge in [-0.25, -0.2) is 0 Å². The highest BCUT2D eigenvalue weighted by molar-refractivity contribution is 6.62. The summed E-state index contributed by atoms with van der Waals surface area (Å²) in [7, 11) is -0.364. The normalized spacial score (nSPS) is 16.9. The van der Waals surface area contributed by atoms with Gasteiger partial charge in [-0.05, 0) is 118 Å². The zero-order chi connectivity index (χ0) is 30.9. The Balaban J connectivity index is 1.40. The third-order valence-corrected chi connectivity index (χ3v) is 8.60. The Bertz CT molecular complexity index is 1340. The molecule has 0 N–H and O–H groups in total. The average Bonchev–Trinajstić information content (AvgIpc) is 3.09. The van der Waals surface area contributed by atoms with Gasteiger partial charge < -0.3 is 18.8 Å². The van der Waals surface area contributed by atoms with E-state index in [4.69, 9.17) is 42.0 Å². The summed E-state index contributed by atoms with van der Waals surface area (Å²) in [5.74, 6) is 1.53. The van der Waals surface area contributed by atoms with Crippen LogP contribution in [0.25, 0.3) is 0 Å². The minimum absolute atomic E-state index is 0.0633. The van der Waals surface area contributed by atoms with Crippen LogP contribution in [-0.4, -0.2) is 31.5 Å². The lowest BCUT2D eigenvalue weighted by molar-refractivity contribution is 0.00578. The molecular weight excluding hydrogens is 566 g/mol. The smallest absolute Gasteiger partial charge is 0.490 e. The Kier molecular flexibility index (Phi) is 9.99. The SMILES string of the molecule is Cc1cc(Cl)c(OCCOc2ccc(CC([CH]C(C)(C)C)c3ccc(B4OC(C)(C)C(C)(C)O4)cc3C)cc2)c(Cl)c1. The Morgan fingerprint density at radius 1 is 0.833 bits per heavy atom. The Hall–Kier alpha value is -2.18. The fraction of sp³-hybridized carbons (Fsp3) is 0.457. The van der Waals surface area contributed by atoms with Crippen molar-refractivity contribution in [1.82, 2.24) is 0 Å². The van der Waals surface area contributed by atoms with E-state index in [2.05, 4.69) is 92.1 Å². The summed E-state index contributed by atoms with van der Waals surface area (Å²) in [5, 5.41) is 1.01. The summed E-state index contributed by atoms with van der Waals surface area (Å²) in [6.45, 7) is 20.0. The predicted octanol–water partition coefficient (Wildman–Crippen LogP) is 8.94. The molecule has 1 aliphatic rings.